The average molecular weight is 266 g/mol. The van der Waals surface area contributed by atoms with E-state index < -0.39 is 11.8 Å². The summed E-state index contributed by atoms with van der Waals surface area (Å²) in [6.07, 6.45) is 0.0677. The van der Waals surface area contributed by atoms with Crippen LogP contribution in [0.3, 0.4) is 0 Å². The summed E-state index contributed by atoms with van der Waals surface area (Å²) in [5, 5.41) is 0. The zero-order valence-corrected chi connectivity index (χ0v) is 10.6. The van der Waals surface area contributed by atoms with Crippen LogP contribution in [-0.4, -0.2) is 42.5 Å². The number of nitrogens with two attached hydrogens (primary N) is 1. The van der Waals surface area contributed by atoms with Crippen molar-refractivity contribution in [3.05, 3.63) is 6.07 Å². The molecule has 8 heteroatoms. The number of aromatic nitrogens is 2. The van der Waals surface area contributed by atoms with Crippen molar-refractivity contribution in [3.8, 4) is 11.8 Å². The Labute approximate surface area is 109 Å². The molecule has 1 aromatic heterocycles. The number of rotatable bonds is 4. The van der Waals surface area contributed by atoms with E-state index in [4.69, 9.17) is 15.2 Å². The van der Waals surface area contributed by atoms with E-state index in [9.17, 15) is 9.59 Å². The van der Waals surface area contributed by atoms with Crippen molar-refractivity contribution >= 4 is 17.8 Å². The molecule has 2 N–H and O–H groups in total. The van der Waals surface area contributed by atoms with Gasteiger partial charge in [-0.1, -0.05) is 0 Å². The summed E-state index contributed by atoms with van der Waals surface area (Å²) in [5.74, 6) is -0.586. The zero-order valence-electron chi connectivity index (χ0n) is 10.6. The Morgan fingerprint density at radius 3 is 2.37 bits per heavy atom. The summed E-state index contributed by atoms with van der Waals surface area (Å²) in [5.41, 5.74) is 5.20. The van der Waals surface area contributed by atoms with Gasteiger partial charge < -0.3 is 15.2 Å². The molecule has 1 saturated heterocycles. The molecule has 1 aromatic rings. The maximum atomic E-state index is 11.8. The second-order valence-electron chi connectivity index (χ2n) is 4.06. The summed E-state index contributed by atoms with van der Waals surface area (Å²) in [4.78, 5) is 32.4. The Balaban J connectivity index is 2.31. The van der Waals surface area contributed by atoms with Crippen LogP contribution in [0.15, 0.2) is 6.07 Å². The van der Waals surface area contributed by atoms with Gasteiger partial charge in [0.1, 0.15) is 0 Å². The van der Waals surface area contributed by atoms with Crippen LogP contribution >= 0.6 is 0 Å². The maximum absolute atomic E-state index is 11.8. The molecule has 0 bridgehead atoms. The van der Waals surface area contributed by atoms with E-state index in [0.29, 0.717) is 0 Å². The lowest BCUT2D eigenvalue weighted by atomic mass is 10.1. The molecule has 2 amide bonds. The van der Waals surface area contributed by atoms with Crippen molar-refractivity contribution in [1.29, 1.82) is 0 Å². The van der Waals surface area contributed by atoms with Gasteiger partial charge in [-0.15, -0.1) is 0 Å². The van der Waals surface area contributed by atoms with Gasteiger partial charge in [-0.3, -0.25) is 14.5 Å². The SMILES string of the molecule is COc1cc(OC)nc(N2CC(C(N)=O)CC2=O)n1. The Morgan fingerprint density at radius 1 is 1.37 bits per heavy atom. The van der Waals surface area contributed by atoms with E-state index in [1.54, 1.807) is 0 Å². The molecule has 8 nitrogen and oxygen atoms in total. The number of carbonyl (C=O) groups excluding carboxylic acids is 2. The molecule has 1 atom stereocenters. The van der Waals surface area contributed by atoms with Gasteiger partial charge in [-0.05, 0) is 0 Å². The molecular weight excluding hydrogens is 252 g/mol. The van der Waals surface area contributed by atoms with Crippen LogP contribution < -0.4 is 20.1 Å². The first-order valence-corrected chi connectivity index (χ1v) is 5.62. The van der Waals surface area contributed by atoms with Crippen molar-refractivity contribution in [2.75, 3.05) is 25.7 Å². The highest BCUT2D eigenvalue weighted by molar-refractivity contribution is 5.98. The van der Waals surface area contributed by atoms with Crippen LogP contribution in [0.5, 0.6) is 11.8 Å². The van der Waals surface area contributed by atoms with Crippen LogP contribution in [0.25, 0.3) is 0 Å². The number of methoxy groups -OCH3 is 2. The van der Waals surface area contributed by atoms with Crippen molar-refractivity contribution in [3.63, 3.8) is 0 Å². The Morgan fingerprint density at radius 2 is 1.95 bits per heavy atom. The lowest BCUT2D eigenvalue weighted by Crippen LogP contribution is -2.29. The summed E-state index contributed by atoms with van der Waals surface area (Å²) in [6.45, 7) is 0.171. The van der Waals surface area contributed by atoms with Gasteiger partial charge in [0.2, 0.25) is 29.5 Å². The fraction of sp³-hybridized carbons (Fsp3) is 0.455. The first kappa shape index (κ1) is 13.1. The second kappa shape index (κ2) is 5.09. The Hall–Kier alpha value is -2.38. The molecule has 0 saturated carbocycles. The molecule has 1 fully saturated rings. The molecule has 0 spiro atoms. The minimum absolute atomic E-state index is 0.0677. The number of amides is 2. The van der Waals surface area contributed by atoms with Gasteiger partial charge in [0.15, 0.2) is 0 Å². The quantitative estimate of drug-likeness (QED) is 0.774. The number of ether oxygens (including phenoxy) is 2. The van der Waals surface area contributed by atoms with Crippen molar-refractivity contribution in [1.82, 2.24) is 9.97 Å². The van der Waals surface area contributed by atoms with Crippen LogP contribution in [0, 0.1) is 5.92 Å². The van der Waals surface area contributed by atoms with Crippen molar-refractivity contribution in [2.45, 2.75) is 6.42 Å². The Kier molecular flexibility index (Phi) is 3.50. The maximum Gasteiger partial charge on any atom is 0.238 e. The summed E-state index contributed by atoms with van der Waals surface area (Å²) < 4.78 is 10.0. The van der Waals surface area contributed by atoms with Gasteiger partial charge >= 0.3 is 0 Å². The monoisotopic (exact) mass is 266 g/mol. The number of hydrogen-bond donors (Lipinski definition) is 1. The van der Waals surface area contributed by atoms with Crippen molar-refractivity contribution in [2.24, 2.45) is 11.7 Å². The molecule has 0 aromatic carbocycles. The molecule has 0 aliphatic carbocycles. The second-order valence-corrected chi connectivity index (χ2v) is 4.06. The number of nitrogens with zero attached hydrogens (tertiary/aromatic N) is 3. The lowest BCUT2D eigenvalue weighted by Gasteiger charge is -2.15. The van der Waals surface area contributed by atoms with E-state index in [-0.39, 0.29) is 36.6 Å². The van der Waals surface area contributed by atoms with Crippen LogP contribution in [0.2, 0.25) is 0 Å². The topological polar surface area (TPSA) is 108 Å². The third kappa shape index (κ3) is 2.56. The number of hydrogen-bond acceptors (Lipinski definition) is 6. The molecule has 1 unspecified atom stereocenters. The summed E-state index contributed by atoms with van der Waals surface area (Å²) >= 11 is 0. The van der Waals surface area contributed by atoms with E-state index in [2.05, 4.69) is 9.97 Å². The molecule has 2 heterocycles. The first-order valence-electron chi connectivity index (χ1n) is 5.62. The third-order valence-electron chi connectivity index (χ3n) is 2.85. The van der Waals surface area contributed by atoms with E-state index >= 15 is 0 Å². The predicted octanol–water partition coefficient (Wildman–Crippen LogP) is -0.668. The van der Waals surface area contributed by atoms with Gasteiger partial charge in [-0.25, -0.2) is 0 Å². The van der Waals surface area contributed by atoms with Gasteiger partial charge in [0, 0.05) is 13.0 Å². The molecule has 19 heavy (non-hydrogen) atoms. The number of carbonyl (C=O) groups is 2. The van der Waals surface area contributed by atoms with E-state index in [1.807, 2.05) is 0 Å². The van der Waals surface area contributed by atoms with Gasteiger partial charge in [0.25, 0.3) is 0 Å². The number of anilines is 1. The lowest BCUT2D eigenvalue weighted by molar-refractivity contribution is -0.123. The predicted molar refractivity (Wildman–Crippen MR) is 64.8 cm³/mol. The average Bonchev–Trinajstić information content (AvgIpc) is 2.80. The zero-order chi connectivity index (χ0) is 14.0. The standard InChI is InChI=1S/C11H14N4O4/c1-18-7-4-8(19-2)14-11(13-7)15-5-6(10(12)17)3-9(15)16/h4,6H,3,5H2,1-2H3,(H2,12,17). The molecule has 2 rings (SSSR count). The highest BCUT2D eigenvalue weighted by Crippen LogP contribution is 2.25. The molecule has 102 valence electrons. The highest BCUT2D eigenvalue weighted by Gasteiger charge is 2.35. The third-order valence-corrected chi connectivity index (χ3v) is 2.85. The van der Waals surface area contributed by atoms with Gasteiger partial charge in [0.05, 0.1) is 26.2 Å². The highest BCUT2D eigenvalue weighted by atomic mass is 16.5. The smallest absolute Gasteiger partial charge is 0.238 e. The normalized spacial score (nSPS) is 18.5. The van der Waals surface area contributed by atoms with Gasteiger partial charge in [-0.2, -0.15) is 9.97 Å². The van der Waals surface area contributed by atoms with E-state index in [1.165, 1.54) is 25.2 Å². The Bertz CT molecular complexity index is 497. The molecule has 1 aliphatic heterocycles. The van der Waals surface area contributed by atoms with Crippen LogP contribution in [0.1, 0.15) is 6.42 Å². The first-order chi connectivity index (χ1) is 9.05. The molecular formula is C11H14N4O4. The minimum Gasteiger partial charge on any atom is -0.481 e. The summed E-state index contributed by atoms with van der Waals surface area (Å²) in [7, 11) is 2.90. The number of primary amides is 1. The molecule has 1 aliphatic rings. The van der Waals surface area contributed by atoms with Crippen LogP contribution in [-0.2, 0) is 9.59 Å². The largest absolute Gasteiger partial charge is 0.481 e. The fourth-order valence-corrected chi connectivity index (χ4v) is 1.81. The fourth-order valence-electron chi connectivity index (χ4n) is 1.81. The molecule has 0 radical (unpaired) electrons. The van der Waals surface area contributed by atoms with E-state index in [0.717, 1.165) is 0 Å². The summed E-state index contributed by atoms with van der Waals surface area (Å²) in [6, 6.07) is 1.50. The van der Waals surface area contributed by atoms with Crippen LogP contribution in [0.4, 0.5) is 5.95 Å². The van der Waals surface area contributed by atoms with Crippen molar-refractivity contribution < 1.29 is 19.1 Å². The minimum atomic E-state index is -0.520.